The summed E-state index contributed by atoms with van der Waals surface area (Å²) in [5, 5.41) is 0.538. The van der Waals surface area contributed by atoms with Gasteiger partial charge >= 0.3 is 0 Å². The van der Waals surface area contributed by atoms with Crippen LogP contribution in [0.25, 0.3) is 10.2 Å². The van der Waals surface area contributed by atoms with Crippen molar-refractivity contribution in [3.05, 3.63) is 78.1 Å². The third-order valence-electron chi connectivity index (χ3n) is 6.60. The molecule has 1 aliphatic heterocycles. The van der Waals surface area contributed by atoms with Gasteiger partial charge in [-0.15, -0.1) is 0 Å². The molecule has 1 aliphatic rings. The van der Waals surface area contributed by atoms with Crippen LogP contribution in [-0.4, -0.2) is 48.8 Å². The minimum absolute atomic E-state index is 0.199. The number of sulfonamides is 1. The van der Waals surface area contributed by atoms with Gasteiger partial charge in [-0.3, -0.25) is 14.7 Å². The largest absolute Gasteiger partial charge is 0.497 e. The Morgan fingerprint density at radius 3 is 2.57 bits per heavy atom. The molecule has 37 heavy (non-hydrogen) atoms. The van der Waals surface area contributed by atoms with Crippen LogP contribution in [0, 0.1) is 5.92 Å². The number of nitrogens with zero attached hydrogens (tertiary/aromatic N) is 4. The molecule has 0 atom stereocenters. The van der Waals surface area contributed by atoms with Gasteiger partial charge in [-0.25, -0.2) is 13.4 Å². The molecule has 0 aliphatic carbocycles. The third kappa shape index (κ3) is 5.36. The number of carbonyl (C=O) groups is 1. The molecule has 192 valence electrons. The van der Waals surface area contributed by atoms with E-state index in [-0.39, 0.29) is 17.3 Å². The van der Waals surface area contributed by atoms with Gasteiger partial charge in [-0.2, -0.15) is 4.31 Å². The van der Waals surface area contributed by atoms with Crippen LogP contribution in [0.2, 0.25) is 0 Å². The number of benzene rings is 2. The fraction of sp³-hybridized carbons (Fsp3) is 0.296. The SMILES string of the molecule is COc1ccc2sc(N(Cc3cccnc3)C(=O)c3ccc(S(=O)(=O)N4CCC(C)CC4)cc3)nc2c1. The first kappa shape index (κ1) is 25.3. The average molecular weight is 537 g/mol. The Hall–Kier alpha value is -3.34. The lowest BCUT2D eigenvalue weighted by molar-refractivity contribution is 0.0985. The van der Waals surface area contributed by atoms with Crippen LogP contribution >= 0.6 is 11.3 Å². The molecule has 2 aromatic carbocycles. The van der Waals surface area contributed by atoms with Gasteiger partial charge in [0.1, 0.15) is 5.75 Å². The Morgan fingerprint density at radius 2 is 1.89 bits per heavy atom. The van der Waals surface area contributed by atoms with Gasteiger partial charge in [0, 0.05) is 37.1 Å². The van der Waals surface area contributed by atoms with E-state index < -0.39 is 10.0 Å². The maximum Gasteiger partial charge on any atom is 0.260 e. The molecule has 10 heteroatoms. The summed E-state index contributed by atoms with van der Waals surface area (Å²) in [6.45, 7) is 3.45. The van der Waals surface area contributed by atoms with E-state index in [0.717, 1.165) is 28.6 Å². The number of aromatic nitrogens is 2. The summed E-state index contributed by atoms with van der Waals surface area (Å²) in [6, 6.07) is 15.5. The zero-order valence-electron chi connectivity index (χ0n) is 20.7. The molecule has 0 spiro atoms. The maximum absolute atomic E-state index is 13.7. The Balaban J connectivity index is 1.45. The predicted molar refractivity (Wildman–Crippen MR) is 145 cm³/mol. The average Bonchev–Trinajstić information content (AvgIpc) is 3.35. The number of hydrogen-bond donors (Lipinski definition) is 0. The molecular weight excluding hydrogens is 508 g/mol. The second-order valence-electron chi connectivity index (χ2n) is 9.19. The van der Waals surface area contributed by atoms with Crippen molar-refractivity contribution in [2.24, 2.45) is 5.92 Å². The van der Waals surface area contributed by atoms with E-state index in [1.807, 2.05) is 30.3 Å². The highest BCUT2D eigenvalue weighted by atomic mass is 32.2. The zero-order valence-corrected chi connectivity index (χ0v) is 22.3. The second-order valence-corrected chi connectivity index (χ2v) is 12.1. The summed E-state index contributed by atoms with van der Waals surface area (Å²) >= 11 is 1.41. The summed E-state index contributed by atoms with van der Waals surface area (Å²) in [7, 11) is -2.00. The zero-order chi connectivity index (χ0) is 26.0. The van der Waals surface area contributed by atoms with Gasteiger partial charge in [-0.1, -0.05) is 24.3 Å². The summed E-state index contributed by atoms with van der Waals surface area (Å²) in [5.41, 5.74) is 1.97. The van der Waals surface area contributed by atoms with Gasteiger partial charge in [0.15, 0.2) is 5.13 Å². The molecule has 0 unspecified atom stereocenters. The molecule has 0 saturated carbocycles. The molecule has 0 radical (unpaired) electrons. The van der Waals surface area contributed by atoms with Crippen molar-refractivity contribution < 1.29 is 17.9 Å². The molecule has 1 saturated heterocycles. The van der Waals surface area contributed by atoms with Gasteiger partial charge in [0.25, 0.3) is 5.91 Å². The lowest BCUT2D eigenvalue weighted by Crippen LogP contribution is -2.37. The first-order chi connectivity index (χ1) is 17.8. The van der Waals surface area contributed by atoms with E-state index in [9.17, 15) is 13.2 Å². The van der Waals surface area contributed by atoms with E-state index >= 15 is 0 Å². The minimum Gasteiger partial charge on any atom is -0.497 e. The van der Waals surface area contributed by atoms with E-state index in [2.05, 4.69) is 11.9 Å². The van der Waals surface area contributed by atoms with Crippen LogP contribution < -0.4 is 9.64 Å². The van der Waals surface area contributed by atoms with E-state index in [0.29, 0.717) is 35.5 Å². The number of amides is 1. The molecule has 0 N–H and O–H groups in total. The fourth-order valence-corrected chi connectivity index (χ4v) is 6.75. The number of ether oxygens (including phenoxy) is 1. The molecule has 8 nitrogen and oxygen atoms in total. The number of fused-ring (bicyclic) bond motifs is 1. The highest BCUT2D eigenvalue weighted by molar-refractivity contribution is 7.89. The van der Waals surface area contributed by atoms with Crippen LogP contribution in [0.1, 0.15) is 35.7 Å². The number of hydrogen-bond acceptors (Lipinski definition) is 7. The Bertz CT molecular complexity index is 1500. The summed E-state index contributed by atoms with van der Waals surface area (Å²) in [4.78, 5) is 24.4. The van der Waals surface area contributed by atoms with Crippen LogP contribution in [0.5, 0.6) is 5.75 Å². The van der Waals surface area contributed by atoms with E-state index in [1.54, 1.807) is 36.5 Å². The van der Waals surface area contributed by atoms with Gasteiger partial charge in [0.2, 0.25) is 10.0 Å². The van der Waals surface area contributed by atoms with E-state index in [1.165, 1.54) is 27.8 Å². The van der Waals surface area contributed by atoms with Gasteiger partial charge in [-0.05, 0) is 66.8 Å². The molecule has 1 amide bonds. The summed E-state index contributed by atoms with van der Waals surface area (Å²) < 4.78 is 34.0. The van der Waals surface area contributed by atoms with Gasteiger partial charge < -0.3 is 4.74 Å². The van der Waals surface area contributed by atoms with Crippen molar-refractivity contribution in [1.29, 1.82) is 0 Å². The predicted octanol–water partition coefficient (Wildman–Crippen LogP) is 4.97. The maximum atomic E-state index is 13.7. The molecule has 2 aromatic heterocycles. The van der Waals surface area contributed by atoms with E-state index in [4.69, 9.17) is 9.72 Å². The van der Waals surface area contributed by atoms with Crippen molar-refractivity contribution in [2.75, 3.05) is 25.1 Å². The quantitative estimate of drug-likeness (QED) is 0.331. The first-order valence-corrected chi connectivity index (χ1v) is 14.4. The normalized spacial score (nSPS) is 15.1. The van der Waals surface area contributed by atoms with Crippen molar-refractivity contribution in [3.8, 4) is 5.75 Å². The van der Waals surface area contributed by atoms with Crippen LogP contribution in [0.15, 0.2) is 71.9 Å². The molecule has 3 heterocycles. The third-order valence-corrected chi connectivity index (χ3v) is 9.58. The Labute approximate surface area is 220 Å². The molecule has 5 rings (SSSR count). The second kappa shape index (κ2) is 10.6. The van der Waals surface area contributed by atoms with Crippen LogP contribution in [0.3, 0.4) is 0 Å². The van der Waals surface area contributed by atoms with Crippen LogP contribution in [0.4, 0.5) is 5.13 Å². The highest BCUT2D eigenvalue weighted by Crippen LogP contribution is 2.33. The van der Waals surface area contributed by atoms with Crippen molar-refractivity contribution in [2.45, 2.75) is 31.2 Å². The number of thiazole rings is 1. The highest BCUT2D eigenvalue weighted by Gasteiger charge is 2.29. The molecule has 4 aromatic rings. The smallest absolute Gasteiger partial charge is 0.260 e. The van der Waals surface area contributed by atoms with Gasteiger partial charge in [0.05, 0.1) is 28.8 Å². The lowest BCUT2D eigenvalue weighted by atomic mass is 10.0. The molecule has 1 fully saturated rings. The number of anilines is 1. The van der Waals surface area contributed by atoms with Crippen molar-refractivity contribution >= 4 is 42.6 Å². The van der Waals surface area contributed by atoms with Crippen molar-refractivity contribution in [1.82, 2.24) is 14.3 Å². The number of rotatable bonds is 7. The molecule has 0 bridgehead atoms. The topological polar surface area (TPSA) is 92.7 Å². The monoisotopic (exact) mass is 536 g/mol. The standard InChI is InChI=1S/C27H28N4O4S2/c1-19-11-14-30(15-12-19)37(33,34)23-8-5-21(6-9-23)26(32)31(18-20-4-3-13-28-17-20)27-29-24-16-22(35-2)7-10-25(24)36-27/h3-10,13,16-17,19H,11-12,14-15,18H2,1-2H3. The minimum atomic E-state index is -3.59. The van der Waals surface area contributed by atoms with Crippen molar-refractivity contribution in [3.63, 3.8) is 0 Å². The number of piperidine rings is 1. The van der Waals surface area contributed by atoms with Crippen LogP contribution in [-0.2, 0) is 16.6 Å². The fourth-order valence-electron chi connectivity index (χ4n) is 4.34. The summed E-state index contributed by atoms with van der Waals surface area (Å²) in [6.07, 6.45) is 5.11. The number of methoxy groups -OCH3 is 1. The lowest BCUT2D eigenvalue weighted by Gasteiger charge is -2.29. The Morgan fingerprint density at radius 1 is 1.14 bits per heavy atom. The molecular formula is C27H28N4O4S2. The number of pyridine rings is 1. The summed E-state index contributed by atoms with van der Waals surface area (Å²) in [5.74, 6) is 0.945. The first-order valence-electron chi connectivity index (χ1n) is 12.1. The Kier molecular flexibility index (Phi) is 7.23. The number of carbonyl (C=O) groups excluding carboxylic acids is 1.